The van der Waals surface area contributed by atoms with Crippen LogP contribution in [0, 0.1) is 5.92 Å². The largest absolute Gasteiger partial charge is 0.426 e. The van der Waals surface area contributed by atoms with E-state index in [-0.39, 0.29) is 11.9 Å². The van der Waals surface area contributed by atoms with Crippen LogP contribution in [-0.4, -0.2) is 20.6 Å². The Balaban J connectivity index is 2.69. The minimum atomic E-state index is -3.29. The van der Waals surface area contributed by atoms with Crippen molar-refractivity contribution in [2.24, 2.45) is 5.92 Å². The lowest BCUT2D eigenvalue weighted by molar-refractivity contribution is -0.138. The van der Waals surface area contributed by atoms with E-state index in [1.54, 1.807) is 31.2 Å². The summed E-state index contributed by atoms with van der Waals surface area (Å²) >= 11 is 0. The average Bonchev–Trinajstić information content (AvgIpc) is 2.28. The first-order valence-electron chi connectivity index (χ1n) is 5.61. The molecule has 1 aromatic carbocycles. The highest BCUT2D eigenvalue weighted by Gasteiger charge is 2.12. The van der Waals surface area contributed by atoms with Crippen LogP contribution >= 0.6 is 0 Å². The highest BCUT2D eigenvalue weighted by Crippen LogP contribution is 2.18. The van der Waals surface area contributed by atoms with Crippen LogP contribution in [0.5, 0.6) is 5.75 Å². The molecular formula is C12H17NO4S. The number of benzene rings is 1. The van der Waals surface area contributed by atoms with Gasteiger partial charge in [0.25, 0.3) is 0 Å². The second-order valence-corrected chi connectivity index (χ2v) is 5.88. The SMILES string of the molecule is CCC(C)C(=O)Oc1ccc(NS(C)(=O)=O)cc1. The number of ether oxygens (including phenoxy) is 1. The number of hydrogen-bond acceptors (Lipinski definition) is 4. The number of esters is 1. The summed E-state index contributed by atoms with van der Waals surface area (Å²) < 4.78 is 29.5. The summed E-state index contributed by atoms with van der Waals surface area (Å²) in [5.41, 5.74) is 0.431. The number of sulfonamides is 1. The maximum atomic E-state index is 11.5. The van der Waals surface area contributed by atoms with Crippen LogP contribution < -0.4 is 9.46 Å². The maximum Gasteiger partial charge on any atom is 0.314 e. The van der Waals surface area contributed by atoms with E-state index in [9.17, 15) is 13.2 Å². The van der Waals surface area contributed by atoms with E-state index in [1.165, 1.54) is 0 Å². The Hall–Kier alpha value is -1.56. The molecule has 0 aliphatic carbocycles. The van der Waals surface area contributed by atoms with Gasteiger partial charge in [0.2, 0.25) is 10.0 Å². The second kappa shape index (κ2) is 5.86. The summed E-state index contributed by atoms with van der Waals surface area (Å²) in [4.78, 5) is 11.5. The summed E-state index contributed by atoms with van der Waals surface area (Å²) in [6.45, 7) is 3.70. The van der Waals surface area contributed by atoms with Crippen LogP contribution in [-0.2, 0) is 14.8 Å². The number of rotatable bonds is 5. The molecule has 0 radical (unpaired) electrons. The molecule has 5 nitrogen and oxygen atoms in total. The van der Waals surface area contributed by atoms with Crippen LogP contribution in [0.25, 0.3) is 0 Å². The third kappa shape index (κ3) is 4.75. The summed E-state index contributed by atoms with van der Waals surface area (Å²) in [6.07, 6.45) is 1.79. The van der Waals surface area contributed by atoms with Gasteiger partial charge in [0.1, 0.15) is 5.75 Å². The molecule has 1 N–H and O–H groups in total. The van der Waals surface area contributed by atoms with Gasteiger partial charge in [-0.05, 0) is 30.7 Å². The monoisotopic (exact) mass is 271 g/mol. The lowest BCUT2D eigenvalue weighted by atomic mass is 10.1. The molecule has 0 saturated heterocycles. The minimum absolute atomic E-state index is 0.154. The molecule has 100 valence electrons. The number of carbonyl (C=O) groups excluding carboxylic acids is 1. The standard InChI is InChI=1S/C12H17NO4S/c1-4-9(2)12(14)17-11-7-5-10(6-8-11)13-18(3,15)16/h5-9,13H,4H2,1-3H3. The Morgan fingerprint density at radius 2 is 1.89 bits per heavy atom. The van der Waals surface area contributed by atoms with E-state index in [0.29, 0.717) is 17.9 Å². The molecule has 0 bridgehead atoms. The normalized spacial score (nSPS) is 12.8. The van der Waals surface area contributed by atoms with Crippen molar-refractivity contribution >= 4 is 21.7 Å². The lowest BCUT2D eigenvalue weighted by Gasteiger charge is -2.09. The van der Waals surface area contributed by atoms with E-state index < -0.39 is 10.0 Å². The number of nitrogens with one attached hydrogen (secondary N) is 1. The average molecular weight is 271 g/mol. The van der Waals surface area contributed by atoms with Gasteiger partial charge in [-0.1, -0.05) is 13.8 Å². The second-order valence-electron chi connectivity index (χ2n) is 4.13. The third-order valence-electron chi connectivity index (χ3n) is 2.39. The Morgan fingerprint density at radius 3 is 2.33 bits per heavy atom. The zero-order valence-corrected chi connectivity index (χ0v) is 11.5. The first-order chi connectivity index (χ1) is 8.31. The Kier molecular flexibility index (Phi) is 4.72. The summed E-state index contributed by atoms with van der Waals surface area (Å²) in [5, 5.41) is 0. The molecule has 18 heavy (non-hydrogen) atoms. The van der Waals surface area contributed by atoms with Crippen LogP contribution in [0.2, 0.25) is 0 Å². The molecule has 1 aromatic rings. The van der Waals surface area contributed by atoms with Crippen LogP contribution in [0.3, 0.4) is 0 Å². The van der Waals surface area contributed by atoms with Gasteiger partial charge >= 0.3 is 5.97 Å². The predicted molar refractivity (Wildman–Crippen MR) is 70.0 cm³/mol. The fraction of sp³-hybridized carbons (Fsp3) is 0.417. The number of anilines is 1. The Morgan fingerprint density at radius 1 is 1.33 bits per heavy atom. The van der Waals surface area contributed by atoms with Gasteiger partial charge in [-0.15, -0.1) is 0 Å². The Labute approximate surface area is 107 Å². The first kappa shape index (κ1) is 14.5. The molecule has 0 aromatic heterocycles. The van der Waals surface area contributed by atoms with E-state index >= 15 is 0 Å². The maximum absolute atomic E-state index is 11.5. The fourth-order valence-electron chi connectivity index (χ4n) is 1.19. The number of carbonyl (C=O) groups is 1. The zero-order valence-electron chi connectivity index (χ0n) is 10.6. The lowest BCUT2D eigenvalue weighted by Crippen LogP contribution is -2.17. The van der Waals surface area contributed by atoms with E-state index in [1.807, 2.05) is 6.92 Å². The van der Waals surface area contributed by atoms with Gasteiger partial charge in [0.05, 0.1) is 12.2 Å². The Bertz CT molecular complexity index is 507. The van der Waals surface area contributed by atoms with Gasteiger partial charge in [0, 0.05) is 5.69 Å². The van der Waals surface area contributed by atoms with E-state index in [0.717, 1.165) is 6.26 Å². The van der Waals surface area contributed by atoms with E-state index in [4.69, 9.17) is 4.74 Å². The van der Waals surface area contributed by atoms with Crippen molar-refractivity contribution in [2.45, 2.75) is 20.3 Å². The van der Waals surface area contributed by atoms with Gasteiger partial charge in [0.15, 0.2) is 0 Å². The summed E-state index contributed by atoms with van der Waals surface area (Å²) in [7, 11) is -3.29. The molecule has 0 aliphatic heterocycles. The molecule has 0 aliphatic rings. The van der Waals surface area contributed by atoms with Crippen molar-refractivity contribution in [3.8, 4) is 5.75 Å². The highest BCUT2D eigenvalue weighted by molar-refractivity contribution is 7.92. The summed E-state index contributed by atoms with van der Waals surface area (Å²) in [6, 6.07) is 6.18. The zero-order chi connectivity index (χ0) is 13.8. The molecule has 1 atom stereocenters. The van der Waals surface area contributed by atoms with Crippen LogP contribution in [0.1, 0.15) is 20.3 Å². The predicted octanol–water partition coefficient (Wildman–Crippen LogP) is 2.01. The van der Waals surface area contributed by atoms with Crippen LogP contribution in [0.4, 0.5) is 5.69 Å². The molecule has 1 rings (SSSR count). The number of hydrogen-bond donors (Lipinski definition) is 1. The van der Waals surface area contributed by atoms with Crippen molar-refractivity contribution in [2.75, 3.05) is 11.0 Å². The van der Waals surface area contributed by atoms with Gasteiger partial charge in [-0.2, -0.15) is 0 Å². The van der Waals surface area contributed by atoms with Gasteiger partial charge in [-0.3, -0.25) is 9.52 Å². The smallest absolute Gasteiger partial charge is 0.314 e. The van der Waals surface area contributed by atoms with Crippen molar-refractivity contribution in [1.29, 1.82) is 0 Å². The first-order valence-corrected chi connectivity index (χ1v) is 7.50. The van der Waals surface area contributed by atoms with Gasteiger partial charge in [-0.25, -0.2) is 8.42 Å². The molecule has 1 unspecified atom stereocenters. The molecule has 0 heterocycles. The van der Waals surface area contributed by atoms with Crippen molar-refractivity contribution in [1.82, 2.24) is 0 Å². The van der Waals surface area contributed by atoms with Crippen molar-refractivity contribution < 1.29 is 17.9 Å². The quantitative estimate of drug-likeness (QED) is 0.657. The van der Waals surface area contributed by atoms with Crippen LogP contribution in [0.15, 0.2) is 24.3 Å². The van der Waals surface area contributed by atoms with Crippen molar-refractivity contribution in [3.05, 3.63) is 24.3 Å². The highest BCUT2D eigenvalue weighted by atomic mass is 32.2. The molecule has 0 spiro atoms. The molecular weight excluding hydrogens is 254 g/mol. The fourth-order valence-corrected chi connectivity index (χ4v) is 1.75. The molecule has 0 fully saturated rings. The topological polar surface area (TPSA) is 72.5 Å². The molecule has 0 amide bonds. The van der Waals surface area contributed by atoms with Gasteiger partial charge < -0.3 is 4.74 Å². The van der Waals surface area contributed by atoms with Crippen molar-refractivity contribution in [3.63, 3.8) is 0 Å². The molecule has 6 heteroatoms. The molecule has 0 saturated carbocycles. The third-order valence-corrected chi connectivity index (χ3v) is 3.00. The minimum Gasteiger partial charge on any atom is -0.426 e. The summed E-state index contributed by atoms with van der Waals surface area (Å²) in [5.74, 6) is -0.0421. The van der Waals surface area contributed by atoms with E-state index in [2.05, 4.69) is 4.72 Å².